The van der Waals surface area contributed by atoms with Crippen LogP contribution >= 0.6 is 0 Å². The molecule has 0 saturated heterocycles. The number of anilines is 1. The summed E-state index contributed by atoms with van der Waals surface area (Å²) in [7, 11) is 0. The van der Waals surface area contributed by atoms with Gasteiger partial charge < -0.3 is 0 Å². The van der Waals surface area contributed by atoms with Crippen LogP contribution in [0.1, 0.15) is 26.0 Å². The number of rotatable bonds is 3. The second-order valence-electron chi connectivity index (χ2n) is 3.52. The van der Waals surface area contributed by atoms with Gasteiger partial charge in [-0.25, -0.2) is 9.97 Å². The highest BCUT2D eigenvalue weighted by atomic mass is 16.1. The summed E-state index contributed by atoms with van der Waals surface area (Å²) in [5.41, 5.74) is 0.241. The Morgan fingerprint density at radius 1 is 1.67 bits per heavy atom. The molecule has 0 aromatic carbocycles. The second kappa shape index (κ2) is 5.05. The molecule has 1 rings (SSSR count). The first-order valence-electron chi connectivity index (χ1n) is 4.65. The zero-order valence-electron chi connectivity index (χ0n) is 8.69. The SMILES string of the molecule is CC(C)CC(=O)Nc1nccc(C#N)n1. The Labute approximate surface area is 88.2 Å². The topological polar surface area (TPSA) is 78.7 Å². The number of nitrogens with zero attached hydrogens (tertiary/aromatic N) is 3. The molecule has 1 aromatic rings. The predicted molar refractivity (Wildman–Crippen MR) is 54.8 cm³/mol. The van der Waals surface area contributed by atoms with E-state index in [4.69, 9.17) is 5.26 Å². The van der Waals surface area contributed by atoms with Crippen molar-refractivity contribution >= 4 is 11.9 Å². The third-order valence-electron chi connectivity index (χ3n) is 1.61. The molecule has 0 aliphatic heterocycles. The number of aromatic nitrogens is 2. The van der Waals surface area contributed by atoms with E-state index in [9.17, 15) is 4.79 Å². The molecule has 1 N–H and O–H groups in total. The lowest BCUT2D eigenvalue weighted by Gasteiger charge is -2.04. The lowest BCUT2D eigenvalue weighted by molar-refractivity contribution is -0.116. The molecule has 0 radical (unpaired) electrons. The third-order valence-corrected chi connectivity index (χ3v) is 1.61. The van der Waals surface area contributed by atoms with Crippen molar-refractivity contribution in [2.75, 3.05) is 5.32 Å². The zero-order chi connectivity index (χ0) is 11.3. The maximum atomic E-state index is 11.3. The molecule has 0 aliphatic carbocycles. The minimum Gasteiger partial charge on any atom is -0.294 e. The molecule has 0 spiro atoms. The fraction of sp³-hybridized carbons (Fsp3) is 0.400. The Hall–Kier alpha value is -1.96. The Morgan fingerprint density at radius 3 is 3.00 bits per heavy atom. The Balaban J connectivity index is 2.65. The van der Waals surface area contributed by atoms with Gasteiger partial charge in [0.15, 0.2) is 0 Å². The van der Waals surface area contributed by atoms with Gasteiger partial charge in [0, 0.05) is 12.6 Å². The van der Waals surface area contributed by atoms with E-state index in [0.29, 0.717) is 6.42 Å². The molecule has 0 atom stereocenters. The van der Waals surface area contributed by atoms with Crippen molar-refractivity contribution in [2.45, 2.75) is 20.3 Å². The fourth-order valence-corrected chi connectivity index (χ4v) is 1.03. The standard InChI is InChI=1S/C10H12N4O/c1-7(2)5-9(15)14-10-12-4-3-8(6-11)13-10/h3-4,7H,5H2,1-2H3,(H,12,13,14,15). The van der Waals surface area contributed by atoms with Gasteiger partial charge in [0.2, 0.25) is 11.9 Å². The van der Waals surface area contributed by atoms with Gasteiger partial charge in [0.05, 0.1) is 0 Å². The van der Waals surface area contributed by atoms with Gasteiger partial charge in [-0.3, -0.25) is 10.1 Å². The maximum Gasteiger partial charge on any atom is 0.230 e. The van der Waals surface area contributed by atoms with Crippen molar-refractivity contribution in [1.82, 2.24) is 9.97 Å². The van der Waals surface area contributed by atoms with Crippen LogP contribution in [0.2, 0.25) is 0 Å². The number of hydrogen-bond donors (Lipinski definition) is 1. The summed E-state index contributed by atoms with van der Waals surface area (Å²) in [6, 6.07) is 3.36. The van der Waals surface area contributed by atoms with Gasteiger partial charge >= 0.3 is 0 Å². The summed E-state index contributed by atoms with van der Waals surface area (Å²) in [5.74, 6) is 0.323. The van der Waals surface area contributed by atoms with E-state index in [0.717, 1.165) is 0 Å². The second-order valence-corrected chi connectivity index (χ2v) is 3.52. The van der Waals surface area contributed by atoms with Crippen molar-refractivity contribution in [1.29, 1.82) is 5.26 Å². The van der Waals surface area contributed by atoms with Gasteiger partial charge in [-0.1, -0.05) is 13.8 Å². The zero-order valence-corrected chi connectivity index (χ0v) is 8.69. The van der Waals surface area contributed by atoms with Crippen molar-refractivity contribution in [3.8, 4) is 6.07 Å². The minimum atomic E-state index is -0.139. The van der Waals surface area contributed by atoms with E-state index >= 15 is 0 Å². The van der Waals surface area contributed by atoms with Crippen LogP contribution < -0.4 is 5.32 Å². The van der Waals surface area contributed by atoms with Gasteiger partial charge in [0.1, 0.15) is 11.8 Å². The molecular weight excluding hydrogens is 192 g/mol. The number of nitriles is 1. The molecule has 0 unspecified atom stereocenters. The maximum absolute atomic E-state index is 11.3. The Bertz CT molecular complexity index is 395. The van der Waals surface area contributed by atoms with Gasteiger partial charge in [-0.2, -0.15) is 5.26 Å². The van der Waals surface area contributed by atoms with Crippen LogP contribution in [0.5, 0.6) is 0 Å². The lowest BCUT2D eigenvalue weighted by Crippen LogP contribution is -2.15. The summed E-state index contributed by atoms with van der Waals surface area (Å²) >= 11 is 0. The minimum absolute atomic E-state index is 0.139. The van der Waals surface area contributed by atoms with E-state index < -0.39 is 0 Å². The molecule has 5 heteroatoms. The lowest BCUT2D eigenvalue weighted by atomic mass is 10.1. The van der Waals surface area contributed by atoms with Crippen LogP contribution in [0.3, 0.4) is 0 Å². The monoisotopic (exact) mass is 204 g/mol. The quantitative estimate of drug-likeness (QED) is 0.805. The first kappa shape index (κ1) is 11.1. The number of amides is 1. The normalized spacial score (nSPS) is 9.73. The van der Waals surface area contributed by atoms with Gasteiger partial charge in [0.25, 0.3) is 0 Å². The van der Waals surface area contributed by atoms with Crippen molar-refractivity contribution in [2.24, 2.45) is 5.92 Å². The average Bonchev–Trinajstić information content (AvgIpc) is 2.16. The predicted octanol–water partition coefficient (Wildman–Crippen LogP) is 1.33. The van der Waals surface area contributed by atoms with E-state index in [-0.39, 0.29) is 23.5 Å². The largest absolute Gasteiger partial charge is 0.294 e. The van der Waals surface area contributed by atoms with Crippen molar-refractivity contribution in [3.63, 3.8) is 0 Å². The molecule has 78 valence electrons. The molecule has 0 bridgehead atoms. The molecule has 1 aromatic heterocycles. The van der Waals surface area contributed by atoms with E-state index in [1.54, 1.807) is 0 Å². The van der Waals surface area contributed by atoms with Crippen LogP contribution in [0, 0.1) is 17.2 Å². The Kier molecular flexibility index (Phi) is 3.75. The first-order valence-corrected chi connectivity index (χ1v) is 4.65. The summed E-state index contributed by atoms with van der Waals surface area (Å²) in [6.07, 6.45) is 1.86. The molecule has 0 aliphatic rings. The highest BCUT2D eigenvalue weighted by Gasteiger charge is 2.06. The van der Waals surface area contributed by atoms with E-state index in [1.807, 2.05) is 19.9 Å². The number of carbonyl (C=O) groups is 1. The van der Waals surface area contributed by atoms with Crippen molar-refractivity contribution < 1.29 is 4.79 Å². The summed E-state index contributed by atoms with van der Waals surface area (Å²) in [5, 5.41) is 11.1. The van der Waals surface area contributed by atoms with Gasteiger partial charge in [-0.15, -0.1) is 0 Å². The summed E-state index contributed by atoms with van der Waals surface area (Å²) < 4.78 is 0. The van der Waals surface area contributed by atoms with Crippen LogP contribution in [-0.4, -0.2) is 15.9 Å². The first-order chi connectivity index (χ1) is 7.11. The van der Waals surface area contributed by atoms with Crippen LogP contribution in [0.25, 0.3) is 0 Å². The average molecular weight is 204 g/mol. The molecular formula is C10H12N4O. The molecule has 0 fully saturated rings. The van der Waals surface area contributed by atoms with E-state index in [1.165, 1.54) is 12.3 Å². The third kappa shape index (κ3) is 3.73. The summed E-state index contributed by atoms with van der Waals surface area (Å²) in [4.78, 5) is 19.0. The highest BCUT2D eigenvalue weighted by Crippen LogP contribution is 2.03. The Morgan fingerprint density at radius 2 is 2.40 bits per heavy atom. The van der Waals surface area contributed by atoms with E-state index in [2.05, 4.69) is 15.3 Å². The van der Waals surface area contributed by atoms with Crippen LogP contribution in [-0.2, 0) is 4.79 Å². The molecule has 0 saturated carbocycles. The summed E-state index contributed by atoms with van der Waals surface area (Å²) in [6.45, 7) is 3.90. The highest BCUT2D eigenvalue weighted by molar-refractivity contribution is 5.88. The van der Waals surface area contributed by atoms with Crippen LogP contribution in [0.15, 0.2) is 12.3 Å². The van der Waals surface area contributed by atoms with Crippen LogP contribution in [0.4, 0.5) is 5.95 Å². The number of hydrogen-bond acceptors (Lipinski definition) is 4. The molecule has 15 heavy (non-hydrogen) atoms. The molecule has 1 amide bonds. The smallest absolute Gasteiger partial charge is 0.230 e. The molecule has 5 nitrogen and oxygen atoms in total. The number of carbonyl (C=O) groups excluding carboxylic acids is 1. The number of nitrogens with one attached hydrogen (secondary N) is 1. The molecule has 1 heterocycles. The fourth-order valence-electron chi connectivity index (χ4n) is 1.03. The van der Waals surface area contributed by atoms with Crippen molar-refractivity contribution in [3.05, 3.63) is 18.0 Å². The van der Waals surface area contributed by atoms with Gasteiger partial charge in [-0.05, 0) is 12.0 Å².